The largest absolute Gasteiger partial charge is 0.482 e. The van der Waals surface area contributed by atoms with E-state index in [1.165, 1.54) is 12.1 Å². The number of carbonyl (C=O) groups excluding carboxylic acids is 1. The van der Waals surface area contributed by atoms with Crippen LogP contribution >= 0.6 is 23.2 Å². The Hall–Kier alpha value is -1.92. The summed E-state index contributed by atoms with van der Waals surface area (Å²) in [4.78, 5) is 11.7. The summed E-state index contributed by atoms with van der Waals surface area (Å²) < 4.78 is 43.1. The van der Waals surface area contributed by atoms with Gasteiger partial charge in [-0.05, 0) is 29.8 Å². The molecule has 2 aromatic rings. The van der Waals surface area contributed by atoms with Crippen LogP contribution in [0.2, 0.25) is 10.0 Å². The van der Waals surface area contributed by atoms with E-state index in [0.29, 0.717) is 10.6 Å². The molecular formula is C16H12Cl2F3NO2. The molecule has 8 heteroatoms. The summed E-state index contributed by atoms with van der Waals surface area (Å²) in [5.41, 5.74) is -0.435. The third-order valence-corrected chi connectivity index (χ3v) is 3.82. The van der Waals surface area contributed by atoms with Crippen LogP contribution in [0.5, 0.6) is 5.75 Å². The number of hydrogen-bond acceptors (Lipinski definition) is 2. The predicted molar refractivity (Wildman–Crippen MR) is 85.2 cm³/mol. The summed E-state index contributed by atoms with van der Waals surface area (Å²) in [6, 6.07) is 9.46. The lowest BCUT2D eigenvalue weighted by molar-refractivity contribution is -0.137. The van der Waals surface area contributed by atoms with Crippen LogP contribution in [0.4, 0.5) is 13.2 Å². The second-order valence-corrected chi connectivity index (χ2v) is 5.60. The molecule has 0 radical (unpaired) electrons. The Morgan fingerprint density at radius 3 is 2.54 bits per heavy atom. The SMILES string of the molecule is O=C(COc1cccc(Cl)c1Cl)NCc1cccc(C(F)(F)F)c1. The van der Waals surface area contributed by atoms with E-state index in [-0.39, 0.29) is 23.9 Å². The van der Waals surface area contributed by atoms with Gasteiger partial charge in [-0.3, -0.25) is 4.79 Å². The summed E-state index contributed by atoms with van der Waals surface area (Å²) in [5.74, 6) is -0.248. The first-order valence-corrected chi connectivity index (χ1v) is 7.52. The van der Waals surface area contributed by atoms with Crippen molar-refractivity contribution in [3.05, 3.63) is 63.6 Å². The first-order valence-electron chi connectivity index (χ1n) is 6.77. The Morgan fingerprint density at radius 1 is 1.12 bits per heavy atom. The molecule has 0 heterocycles. The topological polar surface area (TPSA) is 38.3 Å². The van der Waals surface area contributed by atoms with Crippen molar-refractivity contribution in [1.82, 2.24) is 5.32 Å². The van der Waals surface area contributed by atoms with Gasteiger partial charge in [0.2, 0.25) is 0 Å². The zero-order chi connectivity index (χ0) is 17.7. The molecule has 0 atom stereocenters. The average Bonchev–Trinajstić information content (AvgIpc) is 2.54. The molecule has 2 rings (SSSR count). The van der Waals surface area contributed by atoms with Gasteiger partial charge in [-0.15, -0.1) is 0 Å². The summed E-state index contributed by atoms with van der Waals surface area (Å²) in [5, 5.41) is 2.95. The van der Waals surface area contributed by atoms with Crippen molar-refractivity contribution in [2.75, 3.05) is 6.61 Å². The van der Waals surface area contributed by atoms with Gasteiger partial charge in [0, 0.05) is 6.54 Å². The lowest BCUT2D eigenvalue weighted by Crippen LogP contribution is -2.28. The molecule has 3 nitrogen and oxygen atoms in total. The van der Waals surface area contributed by atoms with Crippen LogP contribution in [-0.4, -0.2) is 12.5 Å². The van der Waals surface area contributed by atoms with Gasteiger partial charge in [-0.1, -0.05) is 41.4 Å². The van der Waals surface area contributed by atoms with Crippen LogP contribution < -0.4 is 10.1 Å². The average molecular weight is 378 g/mol. The Labute approximate surface area is 146 Å². The molecule has 0 saturated heterocycles. The van der Waals surface area contributed by atoms with Crippen molar-refractivity contribution in [3.8, 4) is 5.75 Å². The number of halogens is 5. The highest BCUT2D eigenvalue weighted by atomic mass is 35.5. The third kappa shape index (κ3) is 5.04. The van der Waals surface area contributed by atoms with E-state index < -0.39 is 17.6 Å². The van der Waals surface area contributed by atoms with Gasteiger partial charge in [0.25, 0.3) is 5.91 Å². The second-order valence-electron chi connectivity index (χ2n) is 4.82. The van der Waals surface area contributed by atoms with Gasteiger partial charge in [0.15, 0.2) is 6.61 Å². The molecule has 0 aliphatic rings. The smallest absolute Gasteiger partial charge is 0.416 e. The minimum atomic E-state index is -4.42. The van der Waals surface area contributed by atoms with Crippen molar-refractivity contribution in [3.63, 3.8) is 0 Å². The molecule has 0 bridgehead atoms. The fraction of sp³-hybridized carbons (Fsp3) is 0.188. The molecule has 0 unspecified atom stereocenters. The number of ether oxygens (including phenoxy) is 1. The van der Waals surface area contributed by atoms with Crippen LogP contribution in [-0.2, 0) is 17.5 Å². The number of hydrogen-bond donors (Lipinski definition) is 1. The van der Waals surface area contributed by atoms with Gasteiger partial charge >= 0.3 is 6.18 Å². The van der Waals surface area contributed by atoms with Crippen LogP contribution in [0.15, 0.2) is 42.5 Å². The second kappa shape index (κ2) is 7.77. The molecule has 2 aromatic carbocycles. The molecule has 0 aliphatic carbocycles. The molecule has 0 fully saturated rings. The van der Waals surface area contributed by atoms with Gasteiger partial charge in [0.1, 0.15) is 10.8 Å². The molecule has 24 heavy (non-hydrogen) atoms. The van der Waals surface area contributed by atoms with Crippen LogP contribution in [0.1, 0.15) is 11.1 Å². The molecule has 1 amide bonds. The molecule has 1 N–H and O–H groups in total. The molecule has 0 spiro atoms. The first-order chi connectivity index (χ1) is 11.3. The minimum absolute atomic E-state index is 0.0462. The molecule has 128 valence electrons. The highest BCUT2D eigenvalue weighted by molar-refractivity contribution is 6.42. The Balaban J connectivity index is 1.89. The Morgan fingerprint density at radius 2 is 1.83 bits per heavy atom. The van der Waals surface area contributed by atoms with Gasteiger partial charge in [-0.25, -0.2) is 0 Å². The normalized spacial score (nSPS) is 11.2. The summed E-state index contributed by atoms with van der Waals surface area (Å²) in [7, 11) is 0. The van der Waals surface area contributed by atoms with E-state index in [0.717, 1.165) is 12.1 Å². The minimum Gasteiger partial charge on any atom is -0.482 e. The van der Waals surface area contributed by atoms with Crippen molar-refractivity contribution < 1.29 is 22.7 Å². The quantitative estimate of drug-likeness (QED) is 0.819. The number of nitrogens with one attached hydrogen (secondary N) is 1. The molecular weight excluding hydrogens is 366 g/mol. The fourth-order valence-electron chi connectivity index (χ4n) is 1.85. The zero-order valence-electron chi connectivity index (χ0n) is 12.2. The summed E-state index contributed by atoms with van der Waals surface area (Å²) >= 11 is 11.7. The van der Waals surface area contributed by atoms with E-state index in [2.05, 4.69) is 5.32 Å². The molecule has 0 aliphatic heterocycles. The maximum absolute atomic E-state index is 12.6. The Kier molecular flexibility index (Phi) is 5.96. The lowest BCUT2D eigenvalue weighted by atomic mass is 10.1. The monoisotopic (exact) mass is 377 g/mol. The van der Waals surface area contributed by atoms with Crippen molar-refractivity contribution in [2.45, 2.75) is 12.7 Å². The predicted octanol–water partition coefficient (Wildman–Crippen LogP) is 4.71. The maximum atomic E-state index is 12.6. The number of alkyl halides is 3. The van der Waals surface area contributed by atoms with Crippen LogP contribution in [0.25, 0.3) is 0 Å². The number of carbonyl (C=O) groups is 1. The van der Waals surface area contributed by atoms with Crippen molar-refractivity contribution in [2.24, 2.45) is 0 Å². The highest BCUT2D eigenvalue weighted by Gasteiger charge is 2.30. The van der Waals surface area contributed by atoms with E-state index in [9.17, 15) is 18.0 Å². The number of amides is 1. The Bertz CT molecular complexity index is 736. The molecule has 0 aromatic heterocycles. The lowest BCUT2D eigenvalue weighted by Gasteiger charge is -2.11. The molecule has 0 saturated carbocycles. The zero-order valence-corrected chi connectivity index (χ0v) is 13.7. The number of benzene rings is 2. The third-order valence-electron chi connectivity index (χ3n) is 3.02. The summed E-state index contributed by atoms with van der Waals surface area (Å²) in [6.45, 7) is -0.381. The van der Waals surface area contributed by atoms with Gasteiger partial charge in [0.05, 0.1) is 10.6 Å². The van der Waals surface area contributed by atoms with E-state index in [1.807, 2.05) is 0 Å². The van der Waals surface area contributed by atoms with Crippen molar-refractivity contribution >= 4 is 29.1 Å². The standard InChI is InChI=1S/C16H12Cl2F3NO2/c17-12-5-2-6-13(15(12)18)24-9-14(23)22-8-10-3-1-4-11(7-10)16(19,20)21/h1-7H,8-9H2,(H,22,23). The first kappa shape index (κ1) is 18.4. The van der Waals surface area contributed by atoms with Crippen LogP contribution in [0.3, 0.4) is 0 Å². The highest BCUT2D eigenvalue weighted by Crippen LogP contribution is 2.31. The van der Waals surface area contributed by atoms with Crippen LogP contribution in [0, 0.1) is 0 Å². The van der Waals surface area contributed by atoms with E-state index in [1.54, 1.807) is 18.2 Å². The van der Waals surface area contributed by atoms with E-state index >= 15 is 0 Å². The number of rotatable bonds is 5. The summed E-state index contributed by atoms with van der Waals surface area (Å²) in [6.07, 6.45) is -4.42. The van der Waals surface area contributed by atoms with E-state index in [4.69, 9.17) is 27.9 Å². The van der Waals surface area contributed by atoms with Crippen molar-refractivity contribution in [1.29, 1.82) is 0 Å². The maximum Gasteiger partial charge on any atom is 0.416 e. The van der Waals surface area contributed by atoms with Gasteiger partial charge < -0.3 is 10.1 Å². The fourth-order valence-corrected chi connectivity index (χ4v) is 2.19. The van der Waals surface area contributed by atoms with Gasteiger partial charge in [-0.2, -0.15) is 13.2 Å².